The lowest BCUT2D eigenvalue weighted by Crippen LogP contribution is -1.99. The molecule has 0 spiro atoms. The summed E-state index contributed by atoms with van der Waals surface area (Å²) in [5.74, 6) is -0.579. The van der Waals surface area contributed by atoms with Crippen LogP contribution in [0.3, 0.4) is 0 Å². The van der Waals surface area contributed by atoms with Gasteiger partial charge < -0.3 is 0 Å². The average Bonchev–Trinajstić information content (AvgIpc) is 2.16. The van der Waals surface area contributed by atoms with Gasteiger partial charge in [0.05, 0.1) is 16.1 Å². The van der Waals surface area contributed by atoms with Gasteiger partial charge in [0, 0.05) is 12.0 Å². The number of benzene rings is 1. The minimum absolute atomic E-state index is 0.0652. The minimum Gasteiger partial charge on any atom is -0.258 e. The summed E-state index contributed by atoms with van der Waals surface area (Å²) in [5, 5.41) is 10.5. The van der Waals surface area contributed by atoms with E-state index < -0.39 is 17.5 Å². The molecule has 0 aliphatic rings. The molecule has 0 N–H and O–H groups in total. The minimum atomic E-state index is -0.639. The molecule has 0 aliphatic carbocycles. The molecular weight excluding hydrogens is 253 g/mol. The van der Waals surface area contributed by atoms with E-state index in [-0.39, 0.29) is 5.69 Å². The second-order valence-corrected chi connectivity index (χ2v) is 3.58. The van der Waals surface area contributed by atoms with E-state index in [1.807, 2.05) is 0 Å². The molecule has 0 aromatic heterocycles. The number of nitro groups is 1. The van der Waals surface area contributed by atoms with Crippen LogP contribution in [0.4, 0.5) is 10.1 Å². The number of nitro benzene ring substituents is 1. The SMILES string of the molecule is [CH2]C(CF)c1cccc([N+](=O)[O-])c1Br. The van der Waals surface area contributed by atoms with Gasteiger partial charge in [0.1, 0.15) is 0 Å². The lowest BCUT2D eigenvalue weighted by Gasteiger charge is -2.08. The van der Waals surface area contributed by atoms with Crippen molar-refractivity contribution in [1.29, 1.82) is 0 Å². The Balaban J connectivity index is 3.20. The summed E-state index contributed by atoms with van der Waals surface area (Å²) < 4.78 is 12.6. The number of rotatable bonds is 3. The number of hydrogen-bond donors (Lipinski definition) is 0. The van der Waals surface area contributed by atoms with Gasteiger partial charge in [0.15, 0.2) is 0 Å². The van der Waals surface area contributed by atoms with Crippen molar-refractivity contribution in [2.24, 2.45) is 0 Å². The Labute approximate surface area is 89.2 Å². The first-order valence-corrected chi connectivity index (χ1v) is 4.69. The van der Waals surface area contributed by atoms with Crippen molar-refractivity contribution >= 4 is 21.6 Å². The zero-order chi connectivity index (χ0) is 10.7. The van der Waals surface area contributed by atoms with Crippen LogP contribution in [0.1, 0.15) is 11.5 Å². The molecule has 1 rings (SSSR count). The Morgan fingerprint density at radius 1 is 1.64 bits per heavy atom. The summed E-state index contributed by atoms with van der Waals surface area (Å²) in [6.45, 7) is 2.92. The molecule has 0 heterocycles. The molecule has 3 nitrogen and oxygen atoms in total. The molecule has 14 heavy (non-hydrogen) atoms. The molecule has 1 radical (unpaired) electrons. The third-order valence-corrected chi connectivity index (χ3v) is 2.70. The summed E-state index contributed by atoms with van der Waals surface area (Å²) in [4.78, 5) is 10.0. The largest absolute Gasteiger partial charge is 0.283 e. The highest BCUT2D eigenvalue weighted by molar-refractivity contribution is 9.10. The van der Waals surface area contributed by atoms with Crippen LogP contribution in [0, 0.1) is 17.0 Å². The van der Waals surface area contributed by atoms with Crippen molar-refractivity contribution in [3.8, 4) is 0 Å². The quantitative estimate of drug-likeness (QED) is 0.619. The van der Waals surface area contributed by atoms with Crippen molar-refractivity contribution in [1.82, 2.24) is 0 Å². The van der Waals surface area contributed by atoms with Crippen LogP contribution in [0.2, 0.25) is 0 Å². The second kappa shape index (κ2) is 4.50. The number of alkyl halides is 1. The van der Waals surface area contributed by atoms with Crippen molar-refractivity contribution in [3.63, 3.8) is 0 Å². The first-order chi connectivity index (χ1) is 6.57. The molecule has 1 unspecified atom stereocenters. The van der Waals surface area contributed by atoms with Crippen molar-refractivity contribution in [2.75, 3.05) is 6.67 Å². The van der Waals surface area contributed by atoms with E-state index in [4.69, 9.17) is 0 Å². The number of nitrogens with zero attached hydrogens (tertiary/aromatic N) is 1. The second-order valence-electron chi connectivity index (χ2n) is 2.79. The fourth-order valence-electron chi connectivity index (χ4n) is 1.08. The maximum atomic E-state index is 12.3. The summed E-state index contributed by atoms with van der Waals surface area (Å²) in [7, 11) is 0. The average molecular weight is 261 g/mol. The van der Waals surface area contributed by atoms with Gasteiger partial charge in [-0.05, 0) is 28.4 Å². The van der Waals surface area contributed by atoms with Crippen LogP contribution in [0.5, 0.6) is 0 Å². The molecule has 0 saturated carbocycles. The van der Waals surface area contributed by atoms with E-state index in [2.05, 4.69) is 22.9 Å². The highest BCUT2D eigenvalue weighted by Crippen LogP contribution is 2.32. The summed E-state index contributed by atoms with van der Waals surface area (Å²) >= 11 is 3.07. The molecular formula is C9H8BrFNO2. The van der Waals surface area contributed by atoms with Crippen LogP contribution in [0.15, 0.2) is 22.7 Å². The van der Waals surface area contributed by atoms with Gasteiger partial charge in [-0.25, -0.2) is 0 Å². The van der Waals surface area contributed by atoms with Gasteiger partial charge in [-0.15, -0.1) is 0 Å². The van der Waals surface area contributed by atoms with Gasteiger partial charge in [-0.1, -0.05) is 12.1 Å². The van der Waals surface area contributed by atoms with E-state index in [1.165, 1.54) is 12.1 Å². The Hall–Kier alpha value is -0.970. The van der Waals surface area contributed by atoms with Crippen molar-refractivity contribution in [3.05, 3.63) is 45.3 Å². The third kappa shape index (κ3) is 2.09. The highest BCUT2D eigenvalue weighted by atomic mass is 79.9. The Bertz CT molecular complexity index is 357. The lowest BCUT2D eigenvalue weighted by molar-refractivity contribution is -0.385. The molecule has 0 saturated heterocycles. The van der Waals surface area contributed by atoms with E-state index in [9.17, 15) is 14.5 Å². The van der Waals surface area contributed by atoms with E-state index in [0.717, 1.165) is 0 Å². The van der Waals surface area contributed by atoms with Crippen LogP contribution < -0.4 is 0 Å². The standard InChI is InChI=1S/C9H8BrFNO2/c1-6(5-11)7-3-2-4-8(9(7)10)12(13)14/h2-4,6H,1,5H2. The summed E-state index contributed by atoms with van der Waals surface area (Å²) in [6, 6.07) is 4.50. The van der Waals surface area contributed by atoms with Crippen LogP contribution in [-0.4, -0.2) is 11.6 Å². The predicted molar refractivity (Wildman–Crippen MR) is 54.9 cm³/mol. The Morgan fingerprint density at radius 3 is 2.79 bits per heavy atom. The fraction of sp³-hybridized carbons (Fsp3) is 0.222. The lowest BCUT2D eigenvalue weighted by atomic mass is 10.0. The maximum Gasteiger partial charge on any atom is 0.283 e. The topological polar surface area (TPSA) is 43.1 Å². The van der Waals surface area contributed by atoms with Crippen LogP contribution >= 0.6 is 15.9 Å². The zero-order valence-corrected chi connectivity index (χ0v) is 8.83. The Kier molecular flexibility index (Phi) is 3.57. The van der Waals surface area contributed by atoms with Crippen LogP contribution in [0.25, 0.3) is 0 Å². The van der Waals surface area contributed by atoms with Gasteiger partial charge in [-0.3, -0.25) is 14.5 Å². The van der Waals surface area contributed by atoms with E-state index in [0.29, 0.717) is 10.0 Å². The van der Waals surface area contributed by atoms with Gasteiger partial charge >= 0.3 is 0 Å². The maximum absolute atomic E-state index is 12.3. The van der Waals surface area contributed by atoms with E-state index in [1.54, 1.807) is 6.07 Å². The molecule has 5 heteroatoms. The summed E-state index contributed by atoms with van der Waals surface area (Å²) in [5.41, 5.74) is 0.450. The summed E-state index contributed by atoms with van der Waals surface area (Å²) in [6.07, 6.45) is 0. The monoisotopic (exact) mass is 260 g/mol. The molecule has 1 atom stereocenters. The van der Waals surface area contributed by atoms with Gasteiger partial charge in [0.25, 0.3) is 5.69 Å². The molecule has 0 bridgehead atoms. The van der Waals surface area contributed by atoms with Gasteiger partial charge in [-0.2, -0.15) is 0 Å². The normalized spacial score (nSPS) is 12.5. The molecule has 0 fully saturated rings. The number of hydrogen-bond acceptors (Lipinski definition) is 2. The number of halogens is 2. The molecule has 0 aliphatic heterocycles. The third-order valence-electron chi connectivity index (χ3n) is 1.83. The first kappa shape index (κ1) is 11.1. The first-order valence-electron chi connectivity index (χ1n) is 3.89. The fourth-order valence-corrected chi connectivity index (χ4v) is 1.81. The highest BCUT2D eigenvalue weighted by Gasteiger charge is 2.18. The van der Waals surface area contributed by atoms with Gasteiger partial charge in [0.2, 0.25) is 0 Å². The predicted octanol–water partition coefficient (Wildman–Crippen LogP) is 3.24. The zero-order valence-electron chi connectivity index (χ0n) is 7.24. The smallest absolute Gasteiger partial charge is 0.258 e. The molecule has 0 amide bonds. The van der Waals surface area contributed by atoms with E-state index >= 15 is 0 Å². The van der Waals surface area contributed by atoms with Crippen molar-refractivity contribution in [2.45, 2.75) is 5.92 Å². The molecule has 75 valence electrons. The van der Waals surface area contributed by atoms with Crippen LogP contribution in [-0.2, 0) is 0 Å². The molecule has 1 aromatic rings. The molecule has 1 aromatic carbocycles. The Morgan fingerprint density at radius 2 is 2.29 bits per heavy atom. The van der Waals surface area contributed by atoms with Crippen molar-refractivity contribution < 1.29 is 9.31 Å².